The fraction of sp³-hybridized carbons (Fsp3) is 0.300. The molecule has 0 aromatic heterocycles. The lowest BCUT2D eigenvalue weighted by Gasteiger charge is -2.21. The lowest BCUT2D eigenvalue weighted by atomic mass is 10.4. The molecule has 20 heavy (non-hydrogen) atoms. The summed E-state index contributed by atoms with van der Waals surface area (Å²) in [5, 5.41) is 13.7. The number of hydrogen-bond acceptors (Lipinski definition) is 5. The number of nitrogens with zero attached hydrogens (tertiary/aromatic N) is 1. The minimum absolute atomic E-state index is 0.348. The van der Waals surface area contributed by atoms with E-state index in [1.54, 1.807) is 0 Å². The fourth-order valence-corrected chi connectivity index (χ4v) is 3.34. The van der Waals surface area contributed by atoms with Crippen molar-refractivity contribution in [3.8, 4) is 0 Å². The molecule has 0 heterocycles. The van der Waals surface area contributed by atoms with E-state index in [0.29, 0.717) is 4.31 Å². The average molecular weight is 322 g/mol. The van der Waals surface area contributed by atoms with Gasteiger partial charge in [-0.1, -0.05) is 6.07 Å². The van der Waals surface area contributed by atoms with Gasteiger partial charge in [-0.15, -0.1) is 0 Å². The van der Waals surface area contributed by atoms with Crippen molar-refractivity contribution in [3.63, 3.8) is 0 Å². The maximum atomic E-state index is 12.2. The van der Waals surface area contributed by atoms with Gasteiger partial charge < -0.3 is 5.11 Å². The van der Waals surface area contributed by atoms with Crippen molar-refractivity contribution in [2.24, 2.45) is 5.14 Å². The number of likely N-dealkylation sites (N-methyl/N-ethyl adjacent to an activating group) is 1. The van der Waals surface area contributed by atoms with E-state index in [1.807, 2.05) is 0 Å². The number of carboxylic acids is 1. The van der Waals surface area contributed by atoms with Crippen LogP contribution in [0.2, 0.25) is 0 Å². The molecule has 0 aliphatic rings. The van der Waals surface area contributed by atoms with Crippen molar-refractivity contribution >= 4 is 26.0 Å². The first-order valence-corrected chi connectivity index (χ1v) is 8.30. The van der Waals surface area contributed by atoms with Crippen molar-refractivity contribution < 1.29 is 26.7 Å². The lowest BCUT2D eigenvalue weighted by molar-refractivity contribution is -0.140. The molecule has 0 saturated carbocycles. The molecule has 1 aromatic carbocycles. The van der Waals surface area contributed by atoms with Crippen molar-refractivity contribution in [3.05, 3.63) is 24.3 Å². The van der Waals surface area contributed by atoms with Crippen LogP contribution in [-0.2, 0) is 24.8 Å². The van der Waals surface area contributed by atoms with E-state index in [0.717, 1.165) is 25.2 Å². The molecule has 112 valence electrons. The first kappa shape index (κ1) is 16.6. The van der Waals surface area contributed by atoms with E-state index in [1.165, 1.54) is 13.0 Å². The third kappa shape index (κ3) is 3.33. The molecule has 3 N–H and O–H groups in total. The topological polar surface area (TPSA) is 135 Å². The zero-order valence-electron chi connectivity index (χ0n) is 10.7. The summed E-state index contributed by atoms with van der Waals surface area (Å²) in [6, 6.07) is 3.12. The third-order valence-corrected chi connectivity index (χ3v) is 5.55. The molecule has 1 rings (SSSR count). The molecule has 0 radical (unpaired) electrons. The predicted octanol–water partition coefficient (Wildman–Crippen LogP) is -0.572. The first-order valence-electron chi connectivity index (χ1n) is 5.31. The van der Waals surface area contributed by atoms with Crippen molar-refractivity contribution in [1.82, 2.24) is 4.31 Å². The highest BCUT2D eigenvalue weighted by Gasteiger charge is 2.30. The second-order valence-corrected chi connectivity index (χ2v) is 7.61. The van der Waals surface area contributed by atoms with Crippen molar-refractivity contribution in [2.45, 2.75) is 22.8 Å². The number of sulfonamides is 2. The van der Waals surface area contributed by atoms with Crippen LogP contribution in [0, 0.1) is 0 Å². The van der Waals surface area contributed by atoms with Crippen molar-refractivity contribution in [2.75, 3.05) is 7.05 Å². The molecule has 1 atom stereocenters. The Morgan fingerprint density at radius 3 is 2.20 bits per heavy atom. The van der Waals surface area contributed by atoms with Gasteiger partial charge in [0.2, 0.25) is 20.0 Å². The summed E-state index contributed by atoms with van der Waals surface area (Å²) in [6.07, 6.45) is 0. The number of carboxylic acid groups (broad SMARTS) is 1. The van der Waals surface area contributed by atoms with Gasteiger partial charge >= 0.3 is 5.97 Å². The van der Waals surface area contributed by atoms with Gasteiger partial charge in [0.05, 0.1) is 9.79 Å². The van der Waals surface area contributed by atoms with Crippen LogP contribution in [0.3, 0.4) is 0 Å². The van der Waals surface area contributed by atoms with Crippen LogP contribution in [0.5, 0.6) is 0 Å². The Balaban J connectivity index is 3.34. The number of aliphatic carboxylic acids is 1. The summed E-state index contributed by atoms with van der Waals surface area (Å²) in [5.41, 5.74) is 0. The highest BCUT2D eigenvalue weighted by atomic mass is 32.2. The monoisotopic (exact) mass is 322 g/mol. The Kier molecular flexibility index (Phi) is 4.54. The zero-order valence-corrected chi connectivity index (χ0v) is 12.3. The molecular formula is C10H14N2O6S2. The average Bonchev–Trinajstić information content (AvgIpc) is 2.35. The second-order valence-electron chi connectivity index (χ2n) is 4.06. The van der Waals surface area contributed by atoms with Gasteiger partial charge in [0.1, 0.15) is 6.04 Å². The number of primary sulfonamides is 1. The van der Waals surface area contributed by atoms with Crippen LogP contribution < -0.4 is 5.14 Å². The Bertz CT molecular complexity index is 726. The highest BCUT2D eigenvalue weighted by Crippen LogP contribution is 2.19. The maximum Gasteiger partial charge on any atom is 0.321 e. The molecule has 10 heteroatoms. The summed E-state index contributed by atoms with van der Waals surface area (Å²) in [5.74, 6) is -1.32. The number of benzene rings is 1. The van der Waals surface area contributed by atoms with E-state index >= 15 is 0 Å². The van der Waals surface area contributed by atoms with E-state index in [4.69, 9.17) is 10.2 Å². The van der Waals surface area contributed by atoms with Gasteiger partial charge in [-0.2, -0.15) is 4.31 Å². The minimum atomic E-state index is -4.13. The van der Waals surface area contributed by atoms with Crippen LogP contribution in [0.25, 0.3) is 0 Å². The largest absolute Gasteiger partial charge is 0.480 e. The van der Waals surface area contributed by atoms with Crippen LogP contribution in [0.1, 0.15) is 6.92 Å². The molecule has 0 fully saturated rings. The second kappa shape index (κ2) is 5.48. The SMILES string of the molecule is CC(C(=O)O)N(C)S(=O)(=O)c1cccc(S(N)(=O)=O)c1. The number of hydrogen-bond donors (Lipinski definition) is 2. The Morgan fingerprint density at radius 2 is 1.75 bits per heavy atom. The van der Waals surface area contributed by atoms with Crippen LogP contribution in [-0.4, -0.2) is 45.3 Å². The molecule has 0 bridgehead atoms. The molecule has 0 aliphatic heterocycles. The molecule has 0 aliphatic carbocycles. The molecule has 0 spiro atoms. The Labute approximate surface area is 116 Å². The third-order valence-electron chi connectivity index (χ3n) is 2.71. The van der Waals surface area contributed by atoms with Crippen LogP contribution in [0.4, 0.5) is 0 Å². The molecule has 1 aromatic rings. The number of carbonyl (C=O) groups is 1. The quantitative estimate of drug-likeness (QED) is 0.745. The van der Waals surface area contributed by atoms with Gasteiger partial charge in [0, 0.05) is 7.05 Å². The van der Waals surface area contributed by atoms with Gasteiger partial charge in [-0.25, -0.2) is 22.0 Å². The number of rotatable bonds is 5. The smallest absolute Gasteiger partial charge is 0.321 e. The minimum Gasteiger partial charge on any atom is -0.480 e. The predicted molar refractivity (Wildman–Crippen MR) is 69.9 cm³/mol. The fourth-order valence-electron chi connectivity index (χ4n) is 1.34. The van der Waals surface area contributed by atoms with Gasteiger partial charge in [-0.3, -0.25) is 4.79 Å². The van der Waals surface area contributed by atoms with Crippen molar-refractivity contribution in [1.29, 1.82) is 0 Å². The van der Waals surface area contributed by atoms with Crippen LogP contribution in [0.15, 0.2) is 34.1 Å². The molecular weight excluding hydrogens is 308 g/mol. The Morgan fingerprint density at radius 1 is 1.25 bits per heavy atom. The highest BCUT2D eigenvalue weighted by molar-refractivity contribution is 7.90. The molecule has 1 unspecified atom stereocenters. The zero-order chi connectivity index (χ0) is 15.7. The van der Waals surface area contributed by atoms with Gasteiger partial charge in [-0.05, 0) is 25.1 Å². The van der Waals surface area contributed by atoms with E-state index in [-0.39, 0.29) is 9.79 Å². The van der Waals surface area contributed by atoms with E-state index < -0.39 is 32.1 Å². The number of nitrogens with two attached hydrogens (primary N) is 1. The Hall–Kier alpha value is -1.49. The lowest BCUT2D eigenvalue weighted by Crippen LogP contribution is -2.40. The summed E-state index contributed by atoms with van der Waals surface area (Å²) in [6.45, 7) is 1.20. The van der Waals surface area contributed by atoms with Crippen LogP contribution >= 0.6 is 0 Å². The molecule has 0 amide bonds. The molecule has 0 saturated heterocycles. The van der Waals surface area contributed by atoms with E-state index in [9.17, 15) is 21.6 Å². The first-order chi connectivity index (χ1) is 8.98. The van der Waals surface area contributed by atoms with Gasteiger partial charge in [0.25, 0.3) is 0 Å². The maximum absolute atomic E-state index is 12.2. The molecule has 8 nitrogen and oxygen atoms in total. The summed E-state index contributed by atoms with van der Waals surface area (Å²) in [4.78, 5) is 10.1. The van der Waals surface area contributed by atoms with Gasteiger partial charge in [0.15, 0.2) is 0 Å². The standard InChI is InChI=1S/C10H14N2O6S2/c1-7(10(13)14)12(2)20(17,18)9-5-3-4-8(6-9)19(11,15)16/h3-7H,1-2H3,(H,13,14)(H2,11,15,16). The summed E-state index contributed by atoms with van der Waals surface area (Å²) >= 11 is 0. The van der Waals surface area contributed by atoms with E-state index in [2.05, 4.69) is 0 Å². The normalized spacial score (nSPS) is 14.2. The summed E-state index contributed by atoms with van der Waals surface area (Å²) in [7, 11) is -7.09. The summed E-state index contributed by atoms with van der Waals surface area (Å²) < 4.78 is 47.4.